The summed E-state index contributed by atoms with van der Waals surface area (Å²) in [5.41, 5.74) is -1.40. The second-order valence-electron chi connectivity index (χ2n) is 31.5. The van der Waals surface area contributed by atoms with Crippen LogP contribution < -0.4 is 0 Å². The van der Waals surface area contributed by atoms with Crippen LogP contribution in [0.15, 0.2) is 11.6 Å². The molecule has 0 aromatic heterocycles. The number of aliphatic hydroxyl groups excluding tert-OH is 17. The average molecular weight is 1350 g/mol. The molecule has 0 bridgehead atoms. The maximum Gasteiger partial charge on any atom is 0.315 e. The number of allylic oxidation sites excluding steroid dienone is 2. The predicted molar refractivity (Wildman–Crippen MR) is 318 cm³/mol. The highest BCUT2D eigenvalue weighted by Crippen LogP contribution is 2.76. The fourth-order valence-electron chi connectivity index (χ4n) is 19.5. The zero-order valence-corrected chi connectivity index (χ0v) is 55.0. The third kappa shape index (κ3) is 12.3. The van der Waals surface area contributed by atoms with E-state index in [1.165, 1.54) is 19.4 Å². The summed E-state index contributed by atoms with van der Waals surface area (Å²) in [5.74, 6) is -0.863. The topological polar surface area (TPSA) is 463 Å². The molecule has 0 aromatic rings. The molecule has 0 spiro atoms. The van der Waals surface area contributed by atoms with Crippen LogP contribution >= 0.6 is 0 Å². The van der Waals surface area contributed by atoms with Crippen molar-refractivity contribution in [1.29, 1.82) is 0 Å². The van der Waals surface area contributed by atoms with Crippen LogP contribution in [-0.4, -0.2) is 297 Å². The standard InChI is InChI=1S/C65H106O29/c1-25-36(68)41(73)47(79)55(86-25)93-53-40(72)33(91-57-48(80)43(75)38(70)31(22-67)89-57)23-84-52(53)28-12-14-62(7)34(61(28,5)6)13-15-64(9)35(62)11-10-27-29-20-60(3,4)16-18-65(29,19-17-63(27,64)8)59(83)94-56-50(82)45(77)51(26(2)87-56)92-58-49(81)44(76)39(71)32(90-58)24-85-54-46(78)42(74)37(69)30(21-66)88-54/h10,25-26,28-58,66-82H,11-24H2,1-9H3/t25-,26-,28+,29-,30+,31+,32+,33-,34-,35+,36-,37+,38+,39+,40-,41+,42-,43-,44-,45-,46+,47+,48+,49+,50+,51-,52-,53+,54+,55-,56-,57-,58-,62-,63+,64+,65-/m0/s1. The van der Waals surface area contributed by atoms with E-state index in [1.807, 2.05) is 0 Å². The molecule has 0 aromatic carbocycles. The summed E-state index contributed by atoms with van der Waals surface area (Å²) < 4.78 is 66.1. The first-order chi connectivity index (χ1) is 44.0. The van der Waals surface area contributed by atoms with Crippen molar-refractivity contribution in [2.24, 2.45) is 56.2 Å². The van der Waals surface area contributed by atoms with E-state index in [1.54, 1.807) is 0 Å². The molecule has 6 heterocycles. The molecule has 11 aliphatic rings. The highest BCUT2D eigenvalue weighted by molar-refractivity contribution is 5.79. The van der Waals surface area contributed by atoms with Gasteiger partial charge in [0.2, 0.25) is 6.29 Å². The number of hydrogen-bond acceptors (Lipinski definition) is 29. The van der Waals surface area contributed by atoms with Gasteiger partial charge in [-0.25, -0.2) is 0 Å². The third-order valence-electron chi connectivity index (χ3n) is 25.5. The lowest BCUT2D eigenvalue weighted by Crippen LogP contribution is -2.68. The number of rotatable bonds is 14. The Kier molecular flexibility index (Phi) is 21.2. The molecule has 94 heavy (non-hydrogen) atoms. The Morgan fingerprint density at radius 2 is 1.03 bits per heavy atom. The van der Waals surface area contributed by atoms with E-state index in [9.17, 15) is 86.8 Å². The molecule has 0 amide bonds. The van der Waals surface area contributed by atoms with Gasteiger partial charge in [-0.2, -0.15) is 0 Å². The van der Waals surface area contributed by atoms with E-state index >= 15 is 4.79 Å². The normalized spacial score (nSPS) is 55.0. The Bertz CT molecular complexity index is 2650. The zero-order chi connectivity index (χ0) is 68.6. The van der Waals surface area contributed by atoms with Gasteiger partial charge in [0.1, 0.15) is 128 Å². The lowest BCUT2D eigenvalue weighted by molar-refractivity contribution is -0.360. The minimum atomic E-state index is -1.91. The summed E-state index contributed by atoms with van der Waals surface area (Å²) in [6.45, 7) is 16.7. The second-order valence-corrected chi connectivity index (χ2v) is 31.5. The van der Waals surface area contributed by atoms with Crippen LogP contribution in [0.5, 0.6) is 0 Å². The van der Waals surface area contributed by atoms with Crippen molar-refractivity contribution >= 4 is 5.97 Å². The van der Waals surface area contributed by atoms with Crippen LogP contribution in [-0.2, 0) is 56.9 Å². The second kappa shape index (κ2) is 27.1. The lowest BCUT2D eigenvalue weighted by Gasteiger charge is -2.72. The molecule has 11 rings (SSSR count). The van der Waals surface area contributed by atoms with Crippen LogP contribution in [0.3, 0.4) is 0 Å². The van der Waals surface area contributed by atoms with E-state index in [0.29, 0.717) is 38.5 Å². The van der Waals surface area contributed by atoms with Gasteiger partial charge >= 0.3 is 5.97 Å². The molecular formula is C65H106O29. The SMILES string of the molecule is C[C@@H]1O[C@@H](O[C@@H]2[C@@H](O)[C@@H](O[C@@H]3O[C@H](CO)[C@@H](O)[C@H](O)[C@H]3O)CO[C@H]2[C@H]2CC[C@]3(C)[C@H]4CC=C5[C@@H]6CC(C)(C)CC[C@]6(C(=O)O[C@@H]6O[C@@H](C)[C@H](O[C@@H]7O[C@H](CO[C@@H]8O[C@H](CO)[C@@H](O)[C@H](O)[C@H]8O)[C@@H](O)[C@H](O)[C@H]7O)[C@@H](O)[C@H]6O)CC[C@@]5(C)[C@]4(C)CC[C@H]3C2(C)C)[C@H](O)[C@H](O)[C@H]1O. The number of fused-ring (bicyclic) bond motifs is 7. The van der Waals surface area contributed by atoms with Crippen LogP contribution in [0, 0.1) is 56.2 Å². The van der Waals surface area contributed by atoms with Gasteiger partial charge < -0.3 is 139 Å². The first-order valence-corrected chi connectivity index (χ1v) is 33.8. The van der Waals surface area contributed by atoms with E-state index in [0.717, 1.165) is 25.7 Å². The highest BCUT2D eigenvalue weighted by Gasteiger charge is 2.71. The van der Waals surface area contributed by atoms with E-state index in [2.05, 4.69) is 54.5 Å². The minimum Gasteiger partial charge on any atom is -0.432 e. The Balaban J connectivity index is 0.789. The Labute approximate surface area is 546 Å². The van der Waals surface area contributed by atoms with Gasteiger partial charge in [-0.1, -0.05) is 60.1 Å². The smallest absolute Gasteiger partial charge is 0.315 e. The Morgan fingerprint density at radius 3 is 1.66 bits per heavy atom. The van der Waals surface area contributed by atoms with Crippen molar-refractivity contribution in [3.63, 3.8) is 0 Å². The number of carbonyl (C=O) groups is 1. The van der Waals surface area contributed by atoms with Gasteiger partial charge in [0.25, 0.3) is 0 Å². The summed E-state index contributed by atoms with van der Waals surface area (Å²) in [6.07, 6.45) is -36.4. The van der Waals surface area contributed by atoms with Crippen molar-refractivity contribution in [2.45, 2.75) is 304 Å². The van der Waals surface area contributed by atoms with Crippen LogP contribution in [0.25, 0.3) is 0 Å². The Morgan fingerprint density at radius 1 is 0.511 bits per heavy atom. The zero-order valence-electron chi connectivity index (χ0n) is 55.0. The number of carbonyl (C=O) groups excluding carboxylic acids is 1. The fourth-order valence-corrected chi connectivity index (χ4v) is 19.5. The van der Waals surface area contributed by atoms with Crippen molar-refractivity contribution in [3.05, 3.63) is 11.6 Å². The number of esters is 1. The molecule has 5 aliphatic carbocycles. The van der Waals surface area contributed by atoms with Gasteiger partial charge in [0, 0.05) is 0 Å². The number of aliphatic hydroxyl groups is 17. The molecule has 6 saturated heterocycles. The fraction of sp³-hybridized carbons (Fsp3) is 0.954. The summed E-state index contributed by atoms with van der Waals surface area (Å²) in [7, 11) is 0. The first-order valence-electron chi connectivity index (χ1n) is 33.8. The molecule has 17 N–H and O–H groups in total. The van der Waals surface area contributed by atoms with Crippen molar-refractivity contribution in [2.75, 3.05) is 26.4 Å². The summed E-state index contributed by atoms with van der Waals surface area (Å²) in [4.78, 5) is 15.3. The van der Waals surface area contributed by atoms with E-state index in [4.69, 9.17) is 52.1 Å². The molecule has 540 valence electrons. The number of ether oxygens (including phenoxy) is 11. The lowest BCUT2D eigenvalue weighted by atomic mass is 9.33. The largest absolute Gasteiger partial charge is 0.432 e. The number of hydrogen-bond donors (Lipinski definition) is 17. The molecule has 29 heteroatoms. The van der Waals surface area contributed by atoms with Gasteiger partial charge in [-0.05, 0) is 129 Å². The van der Waals surface area contributed by atoms with Crippen LogP contribution in [0.2, 0.25) is 0 Å². The quantitative estimate of drug-likeness (QED) is 0.0595. The average Bonchev–Trinajstić information content (AvgIpc) is 0.675. The molecular weight excluding hydrogens is 1240 g/mol. The summed E-state index contributed by atoms with van der Waals surface area (Å²) in [6, 6.07) is 0. The van der Waals surface area contributed by atoms with E-state index < -0.39 is 215 Å². The molecule has 29 nitrogen and oxygen atoms in total. The monoisotopic (exact) mass is 1350 g/mol. The minimum absolute atomic E-state index is 0.0914. The Hall–Kier alpha value is -1.87. The molecule has 10 fully saturated rings. The maximum atomic E-state index is 15.3. The highest BCUT2D eigenvalue weighted by atomic mass is 16.8. The summed E-state index contributed by atoms with van der Waals surface area (Å²) in [5, 5.41) is 184. The van der Waals surface area contributed by atoms with Crippen LogP contribution in [0.1, 0.15) is 127 Å². The van der Waals surface area contributed by atoms with Gasteiger partial charge in [0.05, 0.1) is 50.2 Å². The third-order valence-corrected chi connectivity index (χ3v) is 25.5. The molecule has 6 aliphatic heterocycles. The van der Waals surface area contributed by atoms with Crippen LogP contribution in [0.4, 0.5) is 0 Å². The van der Waals surface area contributed by atoms with Crippen molar-refractivity contribution in [3.8, 4) is 0 Å². The first kappa shape index (κ1) is 73.4. The van der Waals surface area contributed by atoms with Gasteiger partial charge in [0.15, 0.2) is 25.2 Å². The molecule has 37 atom stereocenters. The van der Waals surface area contributed by atoms with Gasteiger partial charge in [-0.3, -0.25) is 4.79 Å². The molecule has 4 saturated carbocycles. The predicted octanol–water partition coefficient (Wildman–Crippen LogP) is -3.42. The van der Waals surface area contributed by atoms with E-state index in [-0.39, 0.29) is 51.9 Å². The molecule has 0 unspecified atom stereocenters. The van der Waals surface area contributed by atoms with Crippen molar-refractivity contribution < 1.29 is 144 Å². The molecule has 0 radical (unpaired) electrons. The van der Waals surface area contributed by atoms with Gasteiger partial charge in [-0.15, -0.1) is 0 Å². The van der Waals surface area contributed by atoms with Crippen molar-refractivity contribution in [1.82, 2.24) is 0 Å². The summed E-state index contributed by atoms with van der Waals surface area (Å²) >= 11 is 0. The maximum absolute atomic E-state index is 15.3.